The number of allylic oxidation sites excluding steroid dienone is 1. The highest BCUT2D eigenvalue weighted by atomic mass is 16.7. The first kappa shape index (κ1) is 21.1. The van der Waals surface area contributed by atoms with E-state index in [9.17, 15) is 10.2 Å². The van der Waals surface area contributed by atoms with Crippen LogP contribution < -0.4 is 0 Å². The van der Waals surface area contributed by atoms with Crippen molar-refractivity contribution in [2.75, 3.05) is 6.61 Å². The lowest BCUT2D eigenvalue weighted by molar-refractivity contribution is -0.272. The summed E-state index contributed by atoms with van der Waals surface area (Å²) in [5, 5.41) is 21.4. The SMILES string of the molecule is C[C@@H]1CC[C@@]2(OC1)OC1C[C@H]3[C@@H]4CC=C5C[C@@H](O)C[C@@H](O)[C@]5(C)[C@H]4CC[C@]3(C)C1[C@@H]2C. The van der Waals surface area contributed by atoms with E-state index in [1.54, 1.807) is 0 Å². The molecule has 0 aromatic heterocycles. The second-order valence-corrected chi connectivity index (χ2v) is 12.8. The van der Waals surface area contributed by atoms with Crippen molar-refractivity contribution in [1.29, 1.82) is 0 Å². The molecule has 0 aromatic carbocycles. The van der Waals surface area contributed by atoms with Crippen LogP contribution in [0.5, 0.6) is 0 Å². The van der Waals surface area contributed by atoms with E-state index in [2.05, 4.69) is 33.8 Å². The van der Waals surface area contributed by atoms with Crippen LogP contribution >= 0.6 is 0 Å². The van der Waals surface area contributed by atoms with Gasteiger partial charge in [0.25, 0.3) is 0 Å². The molecule has 4 heteroatoms. The highest BCUT2D eigenvalue weighted by molar-refractivity contribution is 5.28. The zero-order valence-electron chi connectivity index (χ0n) is 19.8. The molecule has 12 atom stereocenters. The smallest absolute Gasteiger partial charge is 0.171 e. The Morgan fingerprint density at radius 2 is 1.84 bits per heavy atom. The van der Waals surface area contributed by atoms with Gasteiger partial charge in [-0.25, -0.2) is 0 Å². The fourth-order valence-electron chi connectivity index (χ4n) is 9.72. The Balaban J connectivity index is 1.29. The summed E-state index contributed by atoms with van der Waals surface area (Å²) in [7, 11) is 0. The third-order valence-electron chi connectivity index (χ3n) is 11.4. The first-order valence-corrected chi connectivity index (χ1v) is 13.1. The number of fused-ring (bicyclic) bond motifs is 7. The third kappa shape index (κ3) is 2.68. The molecule has 0 bridgehead atoms. The van der Waals surface area contributed by atoms with Crippen molar-refractivity contribution in [2.45, 2.75) is 103 Å². The quantitative estimate of drug-likeness (QED) is 0.548. The molecule has 0 radical (unpaired) electrons. The molecule has 0 amide bonds. The van der Waals surface area contributed by atoms with E-state index in [0.717, 1.165) is 32.3 Å². The van der Waals surface area contributed by atoms with Crippen LogP contribution in [0.1, 0.15) is 79.1 Å². The second kappa shape index (κ2) is 6.81. The summed E-state index contributed by atoms with van der Waals surface area (Å²) in [5.74, 6) is 3.17. The molecule has 2 N–H and O–H groups in total. The molecule has 2 saturated heterocycles. The maximum absolute atomic E-state index is 11.1. The van der Waals surface area contributed by atoms with Gasteiger partial charge in [0.05, 0.1) is 24.9 Å². The Morgan fingerprint density at radius 1 is 1.03 bits per heavy atom. The monoisotopic (exact) mass is 430 g/mol. The van der Waals surface area contributed by atoms with Crippen LogP contribution in [0, 0.1) is 46.3 Å². The molecule has 4 nitrogen and oxygen atoms in total. The van der Waals surface area contributed by atoms with Crippen molar-refractivity contribution in [2.24, 2.45) is 46.3 Å². The molecule has 3 saturated carbocycles. The van der Waals surface area contributed by atoms with Crippen LogP contribution in [0.2, 0.25) is 0 Å². The topological polar surface area (TPSA) is 58.9 Å². The highest BCUT2D eigenvalue weighted by Crippen LogP contribution is 2.70. The summed E-state index contributed by atoms with van der Waals surface area (Å²) >= 11 is 0. The van der Waals surface area contributed by atoms with E-state index in [0.29, 0.717) is 53.4 Å². The van der Waals surface area contributed by atoms with Crippen molar-refractivity contribution < 1.29 is 19.7 Å². The molecule has 2 heterocycles. The zero-order chi connectivity index (χ0) is 21.8. The Hall–Kier alpha value is -0.420. The molecule has 4 aliphatic carbocycles. The van der Waals surface area contributed by atoms with Crippen molar-refractivity contribution in [3.05, 3.63) is 11.6 Å². The molecule has 2 aliphatic heterocycles. The van der Waals surface area contributed by atoms with Gasteiger partial charge in [0.15, 0.2) is 5.79 Å². The van der Waals surface area contributed by atoms with E-state index < -0.39 is 6.10 Å². The molecule has 6 aliphatic rings. The second-order valence-electron chi connectivity index (χ2n) is 12.8. The maximum Gasteiger partial charge on any atom is 0.171 e. The lowest BCUT2D eigenvalue weighted by atomic mass is 9.46. The number of hydrogen-bond donors (Lipinski definition) is 2. The van der Waals surface area contributed by atoms with Crippen LogP contribution in [-0.4, -0.2) is 40.9 Å². The Bertz CT molecular complexity index is 769. The van der Waals surface area contributed by atoms with Gasteiger partial charge >= 0.3 is 0 Å². The van der Waals surface area contributed by atoms with E-state index in [1.165, 1.54) is 24.8 Å². The van der Waals surface area contributed by atoms with Gasteiger partial charge in [-0.1, -0.05) is 39.3 Å². The average Bonchev–Trinajstić information content (AvgIpc) is 3.16. The first-order valence-electron chi connectivity index (χ1n) is 13.1. The molecule has 1 spiro atoms. The van der Waals surface area contributed by atoms with E-state index in [1.807, 2.05) is 0 Å². The summed E-state index contributed by atoms with van der Waals surface area (Å²) in [6.07, 6.45) is 10.2. The average molecular weight is 431 g/mol. The summed E-state index contributed by atoms with van der Waals surface area (Å²) < 4.78 is 13.3. The largest absolute Gasteiger partial charge is 0.393 e. The van der Waals surface area contributed by atoms with Crippen molar-refractivity contribution in [3.63, 3.8) is 0 Å². The molecular formula is C27H42O4. The molecule has 5 fully saturated rings. The van der Waals surface area contributed by atoms with Crippen LogP contribution in [0.3, 0.4) is 0 Å². The van der Waals surface area contributed by atoms with Crippen molar-refractivity contribution in [1.82, 2.24) is 0 Å². The minimum absolute atomic E-state index is 0.155. The Kier molecular flexibility index (Phi) is 4.64. The number of hydrogen-bond acceptors (Lipinski definition) is 4. The number of aliphatic hydroxyl groups excluding tert-OH is 2. The maximum atomic E-state index is 11.1. The van der Waals surface area contributed by atoms with E-state index >= 15 is 0 Å². The third-order valence-corrected chi connectivity index (χ3v) is 11.4. The predicted molar refractivity (Wildman–Crippen MR) is 119 cm³/mol. The fourth-order valence-corrected chi connectivity index (χ4v) is 9.72. The van der Waals surface area contributed by atoms with E-state index in [4.69, 9.17) is 9.47 Å². The van der Waals surface area contributed by atoms with Crippen LogP contribution in [-0.2, 0) is 9.47 Å². The zero-order valence-corrected chi connectivity index (χ0v) is 19.8. The van der Waals surface area contributed by atoms with Crippen LogP contribution in [0.4, 0.5) is 0 Å². The molecule has 0 aromatic rings. The molecule has 6 rings (SSSR count). The Morgan fingerprint density at radius 3 is 2.58 bits per heavy atom. The van der Waals surface area contributed by atoms with Gasteiger partial charge in [0.2, 0.25) is 0 Å². The van der Waals surface area contributed by atoms with Gasteiger partial charge in [-0.05, 0) is 73.5 Å². The lowest BCUT2D eigenvalue weighted by Gasteiger charge is -2.59. The number of ether oxygens (including phenoxy) is 2. The molecule has 2 unspecified atom stereocenters. The molecule has 31 heavy (non-hydrogen) atoms. The van der Waals surface area contributed by atoms with Gasteiger partial charge in [0.1, 0.15) is 0 Å². The number of aliphatic hydroxyl groups is 2. The minimum Gasteiger partial charge on any atom is -0.393 e. The van der Waals surface area contributed by atoms with Gasteiger partial charge in [-0.3, -0.25) is 0 Å². The van der Waals surface area contributed by atoms with Crippen molar-refractivity contribution >= 4 is 0 Å². The van der Waals surface area contributed by atoms with Gasteiger partial charge < -0.3 is 19.7 Å². The summed E-state index contributed by atoms with van der Waals surface area (Å²) in [6.45, 7) is 10.4. The van der Waals surface area contributed by atoms with E-state index in [-0.39, 0.29) is 17.3 Å². The highest BCUT2D eigenvalue weighted by Gasteiger charge is 2.69. The summed E-state index contributed by atoms with van der Waals surface area (Å²) in [5.41, 5.74) is 1.48. The fraction of sp³-hybridized carbons (Fsp3) is 0.926. The normalized spacial score (nSPS) is 60.7. The minimum atomic E-state index is -0.420. The van der Waals surface area contributed by atoms with Gasteiger partial charge in [-0.15, -0.1) is 0 Å². The molecular weight excluding hydrogens is 388 g/mol. The molecule has 174 valence electrons. The predicted octanol–water partition coefficient (Wildman–Crippen LogP) is 4.68. The summed E-state index contributed by atoms with van der Waals surface area (Å²) in [4.78, 5) is 0. The number of rotatable bonds is 0. The van der Waals surface area contributed by atoms with Gasteiger partial charge in [-0.2, -0.15) is 0 Å². The van der Waals surface area contributed by atoms with Gasteiger partial charge in [0, 0.05) is 24.2 Å². The summed E-state index contributed by atoms with van der Waals surface area (Å²) in [6, 6.07) is 0. The van der Waals surface area contributed by atoms with Crippen LogP contribution in [0.15, 0.2) is 11.6 Å². The standard InChI is InChI=1S/C27H42O4/c1-15-7-10-27(30-14-15)16(2)24-22(31-27)13-21-19-6-5-17-11-18(28)12-23(29)26(17,4)20(19)8-9-25(21,24)3/h5,15-16,18-24,28-29H,6-14H2,1-4H3/t15-,16+,18-,19-,20+,21+,22?,23-,24?,25+,26+,27-/m1/s1. The first-order chi connectivity index (χ1) is 14.7. The van der Waals surface area contributed by atoms with Crippen molar-refractivity contribution in [3.8, 4) is 0 Å². The van der Waals surface area contributed by atoms with Crippen LogP contribution in [0.25, 0.3) is 0 Å². The lowest BCUT2D eigenvalue weighted by Crippen LogP contribution is -2.56. The Labute approximate surface area is 187 Å².